The Morgan fingerprint density at radius 1 is 0.531 bits per heavy atom. The Morgan fingerprint density at radius 2 is 0.969 bits per heavy atom. The van der Waals surface area contributed by atoms with Crippen molar-refractivity contribution in [3.8, 4) is 0 Å². The molecule has 1 aliphatic heterocycles. The first-order chi connectivity index (χ1) is 15.9. The van der Waals surface area contributed by atoms with Gasteiger partial charge in [-0.15, -0.1) is 0 Å². The lowest BCUT2D eigenvalue weighted by Gasteiger charge is -2.32. The van der Waals surface area contributed by atoms with Gasteiger partial charge in [0.25, 0.3) is 0 Å². The zero-order valence-corrected chi connectivity index (χ0v) is 21.4. The van der Waals surface area contributed by atoms with Gasteiger partial charge in [-0.05, 0) is 18.9 Å². The van der Waals surface area contributed by atoms with Crippen LogP contribution in [0, 0.1) is 0 Å². The number of rotatable bonds is 20. The van der Waals surface area contributed by atoms with Crippen molar-refractivity contribution < 1.29 is 0 Å². The van der Waals surface area contributed by atoms with Gasteiger partial charge in [0.2, 0.25) is 0 Å². The Bertz CT molecular complexity index is 567. The summed E-state index contributed by atoms with van der Waals surface area (Å²) < 4.78 is 0. The van der Waals surface area contributed by atoms with Gasteiger partial charge >= 0.3 is 0 Å². The molecule has 1 heterocycles. The maximum atomic E-state index is 2.53. The second-order valence-corrected chi connectivity index (χ2v) is 9.81. The molecule has 2 heteroatoms. The molecule has 182 valence electrons. The lowest BCUT2D eigenvalue weighted by Crippen LogP contribution is -2.31. The van der Waals surface area contributed by atoms with Crippen molar-refractivity contribution >= 4 is 0 Å². The Labute approximate surface area is 200 Å². The second-order valence-electron chi connectivity index (χ2n) is 9.81. The fraction of sp³-hybridized carbons (Fsp3) is 0.733. The molecule has 0 N–H and O–H groups in total. The van der Waals surface area contributed by atoms with Crippen LogP contribution in [0.1, 0.15) is 135 Å². The van der Waals surface area contributed by atoms with E-state index >= 15 is 0 Å². The third-order valence-electron chi connectivity index (χ3n) is 7.06. The highest BCUT2D eigenvalue weighted by Crippen LogP contribution is 2.30. The molecule has 1 atom stereocenters. The van der Waals surface area contributed by atoms with Crippen molar-refractivity contribution in [3.63, 3.8) is 0 Å². The van der Waals surface area contributed by atoms with E-state index in [4.69, 9.17) is 0 Å². The zero-order valence-electron chi connectivity index (χ0n) is 21.4. The van der Waals surface area contributed by atoms with Gasteiger partial charge in [0, 0.05) is 25.5 Å². The molecule has 32 heavy (non-hydrogen) atoms. The van der Waals surface area contributed by atoms with Crippen molar-refractivity contribution in [3.05, 3.63) is 48.3 Å². The van der Waals surface area contributed by atoms with Crippen LogP contribution < -0.4 is 0 Å². The van der Waals surface area contributed by atoms with Crippen molar-refractivity contribution in [2.75, 3.05) is 13.1 Å². The quantitative estimate of drug-likeness (QED) is 0.186. The van der Waals surface area contributed by atoms with Gasteiger partial charge < -0.3 is 9.80 Å². The summed E-state index contributed by atoms with van der Waals surface area (Å²) in [5.74, 6) is 0. The van der Waals surface area contributed by atoms with Gasteiger partial charge in [-0.2, -0.15) is 0 Å². The predicted molar refractivity (Wildman–Crippen MR) is 142 cm³/mol. The maximum absolute atomic E-state index is 2.53. The summed E-state index contributed by atoms with van der Waals surface area (Å²) in [4.78, 5) is 4.98. The van der Waals surface area contributed by atoms with Gasteiger partial charge in [0.05, 0.1) is 0 Å². The first-order valence-electron chi connectivity index (χ1n) is 14.1. The van der Waals surface area contributed by atoms with Crippen LogP contribution >= 0.6 is 0 Å². The van der Waals surface area contributed by atoms with Crippen LogP contribution in [0.25, 0.3) is 0 Å². The van der Waals surface area contributed by atoms with Crippen LogP contribution in [0.2, 0.25) is 0 Å². The summed E-state index contributed by atoms with van der Waals surface area (Å²) in [5.41, 5.74) is 1.41. The SMILES string of the molecule is CCCCCCCCCCCCCCCCCCCN1C=CN(CC)C1c1ccccc1. The minimum absolute atomic E-state index is 0.391. The fourth-order valence-electron chi connectivity index (χ4n) is 5.03. The molecule has 0 saturated heterocycles. The number of nitrogens with zero attached hydrogens (tertiary/aromatic N) is 2. The molecule has 0 aliphatic carbocycles. The number of benzene rings is 1. The van der Waals surface area contributed by atoms with E-state index in [0.29, 0.717) is 6.17 Å². The number of unbranched alkanes of at least 4 members (excludes halogenated alkanes) is 16. The molecule has 0 saturated carbocycles. The van der Waals surface area contributed by atoms with Gasteiger partial charge in [-0.1, -0.05) is 140 Å². The number of hydrogen-bond acceptors (Lipinski definition) is 2. The maximum Gasteiger partial charge on any atom is 0.127 e. The monoisotopic (exact) mass is 440 g/mol. The van der Waals surface area contributed by atoms with E-state index in [1.54, 1.807) is 0 Å². The van der Waals surface area contributed by atoms with Crippen LogP contribution in [0.4, 0.5) is 0 Å². The van der Waals surface area contributed by atoms with E-state index < -0.39 is 0 Å². The summed E-state index contributed by atoms with van der Waals surface area (Å²) >= 11 is 0. The molecule has 1 aromatic carbocycles. The molecule has 0 bridgehead atoms. The van der Waals surface area contributed by atoms with Crippen molar-refractivity contribution in [2.45, 2.75) is 129 Å². The van der Waals surface area contributed by atoms with E-state index in [-0.39, 0.29) is 0 Å². The van der Waals surface area contributed by atoms with Gasteiger partial charge in [-0.3, -0.25) is 0 Å². The van der Waals surface area contributed by atoms with E-state index in [2.05, 4.69) is 66.4 Å². The topological polar surface area (TPSA) is 6.48 Å². The highest BCUT2D eigenvalue weighted by atomic mass is 15.4. The van der Waals surface area contributed by atoms with E-state index in [9.17, 15) is 0 Å². The summed E-state index contributed by atoms with van der Waals surface area (Å²) in [6.07, 6.45) is 29.4. The molecule has 1 aliphatic rings. The average molecular weight is 441 g/mol. The Balaban J connectivity index is 1.40. The number of hydrogen-bond donors (Lipinski definition) is 0. The lowest BCUT2D eigenvalue weighted by molar-refractivity contribution is 0.157. The molecular formula is C30H52N2. The van der Waals surface area contributed by atoms with Gasteiger partial charge in [-0.25, -0.2) is 0 Å². The standard InChI is InChI=1S/C30H52N2/c1-3-5-6-7-8-9-10-11-12-13-14-15-16-17-18-19-23-26-32-28-27-31(4-2)30(32)29-24-21-20-22-25-29/h20-22,24-25,27-28,30H,3-19,23,26H2,1-2H3. The van der Waals surface area contributed by atoms with Crippen molar-refractivity contribution in [1.82, 2.24) is 9.80 Å². The third kappa shape index (κ3) is 10.9. The van der Waals surface area contributed by atoms with Crippen LogP contribution in [-0.2, 0) is 0 Å². The molecule has 0 radical (unpaired) electrons. The Hall–Kier alpha value is -1.44. The summed E-state index contributed by atoms with van der Waals surface area (Å²) in [5, 5.41) is 0. The normalized spacial score (nSPS) is 15.8. The second kappa shape index (κ2) is 18.0. The molecule has 0 aromatic heterocycles. The highest BCUT2D eigenvalue weighted by molar-refractivity contribution is 5.21. The fourth-order valence-corrected chi connectivity index (χ4v) is 5.03. The van der Waals surface area contributed by atoms with Gasteiger partial charge in [0.15, 0.2) is 0 Å². The summed E-state index contributed by atoms with van der Waals surface area (Å²) in [6, 6.07) is 11.0. The van der Waals surface area contributed by atoms with Gasteiger partial charge in [0.1, 0.15) is 6.17 Å². The molecule has 1 aromatic rings. The van der Waals surface area contributed by atoms with E-state index in [0.717, 1.165) is 6.54 Å². The average Bonchev–Trinajstić information content (AvgIpc) is 3.24. The molecule has 2 nitrogen and oxygen atoms in total. The molecule has 2 rings (SSSR count). The minimum Gasteiger partial charge on any atom is -0.353 e. The smallest absolute Gasteiger partial charge is 0.127 e. The lowest BCUT2D eigenvalue weighted by atomic mass is 10.0. The van der Waals surface area contributed by atoms with E-state index in [1.165, 1.54) is 121 Å². The van der Waals surface area contributed by atoms with Crippen LogP contribution in [-0.4, -0.2) is 22.9 Å². The largest absolute Gasteiger partial charge is 0.353 e. The van der Waals surface area contributed by atoms with Crippen molar-refractivity contribution in [1.29, 1.82) is 0 Å². The summed E-state index contributed by atoms with van der Waals surface area (Å²) in [6.45, 7) is 6.78. The first-order valence-corrected chi connectivity index (χ1v) is 14.1. The molecular weight excluding hydrogens is 388 g/mol. The molecule has 1 unspecified atom stereocenters. The minimum atomic E-state index is 0.391. The zero-order chi connectivity index (χ0) is 22.7. The highest BCUT2D eigenvalue weighted by Gasteiger charge is 2.25. The predicted octanol–water partition coefficient (Wildman–Crippen LogP) is 9.45. The molecule has 0 spiro atoms. The molecule has 0 amide bonds. The first kappa shape index (κ1) is 26.8. The van der Waals surface area contributed by atoms with E-state index in [1.807, 2.05) is 0 Å². The summed E-state index contributed by atoms with van der Waals surface area (Å²) in [7, 11) is 0. The van der Waals surface area contributed by atoms with Crippen LogP contribution in [0.3, 0.4) is 0 Å². The van der Waals surface area contributed by atoms with Crippen molar-refractivity contribution in [2.24, 2.45) is 0 Å². The van der Waals surface area contributed by atoms with Crippen LogP contribution in [0.5, 0.6) is 0 Å². The van der Waals surface area contributed by atoms with Crippen LogP contribution in [0.15, 0.2) is 42.7 Å². The Kier molecular flexibility index (Phi) is 15.1. The Morgan fingerprint density at radius 3 is 1.44 bits per heavy atom. The molecule has 0 fully saturated rings. The third-order valence-corrected chi connectivity index (χ3v) is 7.06.